The summed E-state index contributed by atoms with van der Waals surface area (Å²) in [6, 6.07) is 9.42. The van der Waals surface area contributed by atoms with Gasteiger partial charge in [0, 0.05) is 0 Å². The first-order valence-corrected chi connectivity index (χ1v) is 6.64. The fourth-order valence-corrected chi connectivity index (χ4v) is 3.05. The van der Waals surface area contributed by atoms with Crippen molar-refractivity contribution in [1.82, 2.24) is 0 Å². The second kappa shape index (κ2) is 5.31. The molecule has 2 nitrogen and oxygen atoms in total. The average Bonchev–Trinajstić information content (AvgIpc) is 2.31. The summed E-state index contributed by atoms with van der Waals surface area (Å²) in [5, 5.41) is 0.235. The molecule has 0 amide bonds. The minimum Gasteiger partial charge on any atom is -0.400 e. The summed E-state index contributed by atoms with van der Waals surface area (Å²) in [6.45, 7) is 0. The molecule has 0 N–H and O–H groups in total. The average molecular weight is 224 g/mol. The van der Waals surface area contributed by atoms with Gasteiger partial charge in [-0.15, -0.1) is 0 Å². The molecule has 0 saturated heterocycles. The van der Waals surface area contributed by atoms with E-state index in [4.69, 9.17) is 4.18 Å². The molecule has 1 aromatic rings. The Labute approximate surface area is 93.3 Å². The van der Waals surface area contributed by atoms with Gasteiger partial charge in [-0.3, -0.25) is 0 Å². The number of hydrogen-bond acceptors (Lipinski definition) is 2. The van der Waals surface area contributed by atoms with Gasteiger partial charge in [-0.05, 0) is 25.0 Å². The molecule has 1 saturated carbocycles. The van der Waals surface area contributed by atoms with Gasteiger partial charge in [0.25, 0.3) is 0 Å². The number of rotatable bonds is 3. The summed E-state index contributed by atoms with van der Waals surface area (Å²) < 4.78 is 17.3. The maximum Gasteiger partial charge on any atom is 0.209 e. The van der Waals surface area contributed by atoms with Crippen molar-refractivity contribution in [3.63, 3.8) is 0 Å². The van der Waals surface area contributed by atoms with Gasteiger partial charge in [-0.1, -0.05) is 37.5 Å². The fourth-order valence-electron chi connectivity index (χ4n) is 1.90. The molecule has 82 valence electrons. The van der Waals surface area contributed by atoms with E-state index in [1.165, 1.54) is 19.3 Å². The predicted molar refractivity (Wildman–Crippen MR) is 62.1 cm³/mol. The van der Waals surface area contributed by atoms with Crippen LogP contribution in [0.4, 0.5) is 0 Å². The number of para-hydroxylation sites is 1. The van der Waals surface area contributed by atoms with E-state index in [0.717, 1.165) is 12.8 Å². The van der Waals surface area contributed by atoms with Crippen molar-refractivity contribution in [2.75, 3.05) is 0 Å². The van der Waals surface area contributed by atoms with Crippen molar-refractivity contribution < 1.29 is 8.39 Å². The minimum atomic E-state index is -1.16. The summed E-state index contributed by atoms with van der Waals surface area (Å²) in [5.74, 6) is 0.710. The van der Waals surface area contributed by atoms with Crippen LogP contribution < -0.4 is 4.18 Å². The first-order chi connectivity index (χ1) is 7.36. The minimum absolute atomic E-state index is 0.235. The SMILES string of the molecule is O=S(Oc1ccccc1)C1CCCCC1. The van der Waals surface area contributed by atoms with Crippen LogP contribution in [0.15, 0.2) is 30.3 Å². The van der Waals surface area contributed by atoms with Crippen molar-refractivity contribution in [3.8, 4) is 5.75 Å². The van der Waals surface area contributed by atoms with E-state index in [1.54, 1.807) is 0 Å². The fraction of sp³-hybridized carbons (Fsp3) is 0.500. The van der Waals surface area contributed by atoms with E-state index < -0.39 is 11.1 Å². The van der Waals surface area contributed by atoms with Gasteiger partial charge >= 0.3 is 0 Å². The molecule has 1 unspecified atom stereocenters. The lowest BCUT2D eigenvalue weighted by molar-refractivity contribution is 0.473. The van der Waals surface area contributed by atoms with E-state index in [1.807, 2.05) is 30.3 Å². The molecule has 3 heteroatoms. The Balaban J connectivity index is 1.91. The Hall–Kier alpha value is -0.830. The third-order valence-corrected chi connectivity index (χ3v) is 4.12. The van der Waals surface area contributed by atoms with Gasteiger partial charge in [-0.25, -0.2) is 4.21 Å². The monoisotopic (exact) mass is 224 g/mol. The quantitative estimate of drug-likeness (QED) is 0.788. The summed E-state index contributed by atoms with van der Waals surface area (Å²) in [4.78, 5) is 0. The van der Waals surface area contributed by atoms with Crippen LogP contribution in [-0.2, 0) is 11.1 Å². The predicted octanol–water partition coefficient (Wildman–Crippen LogP) is 3.06. The highest BCUT2D eigenvalue weighted by Crippen LogP contribution is 2.23. The summed E-state index contributed by atoms with van der Waals surface area (Å²) in [6.07, 6.45) is 5.74. The number of hydrogen-bond donors (Lipinski definition) is 0. The standard InChI is InChI=1S/C12H16O2S/c13-15(12-9-5-2-6-10-12)14-11-7-3-1-4-8-11/h1,3-4,7-8,12H,2,5-6,9-10H2. The molecule has 2 rings (SSSR count). The van der Waals surface area contributed by atoms with E-state index in [2.05, 4.69) is 0 Å². The van der Waals surface area contributed by atoms with Crippen LogP contribution >= 0.6 is 0 Å². The molecule has 15 heavy (non-hydrogen) atoms. The van der Waals surface area contributed by atoms with Crippen LogP contribution in [0, 0.1) is 0 Å². The van der Waals surface area contributed by atoms with Gasteiger partial charge in [0.15, 0.2) is 0 Å². The van der Waals surface area contributed by atoms with E-state index in [-0.39, 0.29) is 5.25 Å². The van der Waals surface area contributed by atoms with Crippen LogP contribution in [0.3, 0.4) is 0 Å². The Morgan fingerprint density at radius 2 is 1.73 bits per heavy atom. The molecule has 0 radical (unpaired) electrons. The van der Waals surface area contributed by atoms with E-state index in [9.17, 15) is 4.21 Å². The molecule has 1 aliphatic carbocycles. The molecule has 0 spiro atoms. The normalized spacial score (nSPS) is 19.7. The van der Waals surface area contributed by atoms with Crippen molar-refractivity contribution in [2.24, 2.45) is 0 Å². The van der Waals surface area contributed by atoms with Gasteiger partial charge in [0.05, 0.1) is 5.25 Å². The van der Waals surface area contributed by atoms with Crippen molar-refractivity contribution in [3.05, 3.63) is 30.3 Å². The zero-order valence-electron chi connectivity index (χ0n) is 8.72. The maximum absolute atomic E-state index is 11.9. The Morgan fingerprint density at radius 3 is 2.40 bits per heavy atom. The van der Waals surface area contributed by atoms with Gasteiger partial charge in [0.1, 0.15) is 5.75 Å². The largest absolute Gasteiger partial charge is 0.400 e. The van der Waals surface area contributed by atoms with Crippen molar-refractivity contribution in [2.45, 2.75) is 37.4 Å². The second-order valence-electron chi connectivity index (χ2n) is 3.92. The summed E-state index contributed by atoms with van der Waals surface area (Å²) >= 11 is -1.16. The van der Waals surface area contributed by atoms with Gasteiger partial charge < -0.3 is 4.18 Å². The number of benzene rings is 1. The lowest BCUT2D eigenvalue weighted by atomic mass is 10.0. The smallest absolute Gasteiger partial charge is 0.209 e. The van der Waals surface area contributed by atoms with E-state index >= 15 is 0 Å². The first kappa shape index (κ1) is 10.7. The topological polar surface area (TPSA) is 26.3 Å². The van der Waals surface area contributed by atoms with Crippen LogP contribution in [0.2, 0.25) is 0 Å². The van der Waals surface area contributed by atoms with Crippen LogP contribution in [0.1, 0.15) is 32.1 Å². The molecule has 0 aliphatic heterocycles. The molecule has 0 bridgehead atoms. The van der Waals surface area contributed by atoms with Gasteiger partial charge in [0.2, 0.25) is 11.1 Å². The Kier molecular flexibility index (Phi) is 3.78. The van der Waals surface area contributed by atoms with Crippen LogP contribution in [0.25, 0.3) is 0 Å². The summed E-state index contributed by atoms with van der Waals surface area (Å²) in [5.41, 5.74) is 0. The Morgan fingerprint density at radius 1 is 1.07 bits per heavy atom. The molecule has 1 atom stereocenters. The molecule has 1 fully saturated rings. The third kappa shape index (κ3) is 3.06. The Bertz CT molecular complexity index is 318. The molecular weight excluding hydrogens is 208 g/mol. The van der Waals surface area contributed by atoms with Crippen molar-refractivity contribution >= 4 is 11.1 Å². The van der Waals surface area contributed by atoms with Crippen LogP contribution in [-0.4, -0.2) is 9.46 Å². The van der Waals surface area contributed by atoms with E-state index in [0.29, 0.717) is 5.75 Å². The molecule has 0 aromatic heterocycles. The molecule has 1 aromatic carbocycles. The lowest BCUT2D eigenvalue weighted by Crippen LogP contribution is -2.22. The maximum atomic E-state index is 11.9. The van der Waals surface area contributed by atoms with Crippen molar-refractivity contribution in [1.29, 1.82) is 0 Å². The highest BCUT2D eigenvalue weighted by atomic mass is 32.2. The highest BCUT2D eigenvalue weighted by molar-refractivity contribution is 7.81. The molecule has 0 heterocycles. The zero-order chi connectivity index (χ0) is 10.5. The van der Waals surface area contributed by atoms with Crippen LogP contribution in [0.5, 0.6) is 5.75 Å². The highest BCUT2D eigenvalue weighted by Gasteiger charge is 2.21. The second-order valence-corrected chi connectivity index (χ2v) is 5.27. The first-order valence-electron chi connectivity index (χ1n) is 5.50. The third-order valence-electron chi connectivity index (χ3n) is 2.75. The molecular formula is C12H16O2S. The zero-order valence-corrected chi connectivity index (χ0v) is 9.54. The molecule has 1 aliphatic rings. The summed E-state index contributed by atoms with van der Waals surface area (Å²) in [7, 11) is 0. The lowest BCUT2D eigenvalue weighted by Gasteiger charge is -2.20. The van der Waals surface area contributed by atoms with Gasteiger partial charge in [-0.2, -0.15) is 0 Å².